The molecule has 0 radical (unpaired) electrons. The summed E-state index contributed by atoms with van der Waals surface area (Å²) in [6.07, 6.45) is 2.43. The van der Waals surface area contributed by atoms with Crippen LogP contribution in [0.25, 0.3) is 0 Å². The number of nitrogens with zero attached hydrogens (tertiary/aromatic N) is 1. The molecule has 1 aliphatic carbocycles. The van der Waals surface area contributed by atoms with Gasteiger partial charge in [0.1, 0.15) is 6.61 Å². The highest BCUT2D eigenvalue weighted by Gasteiger charge is 2.21. The average molecular weight is 301 g/mol. The Balaban J connectivity index is 1.94. The molecule has 6 heteroatoms. The molecule has 1 aliphatic rings. The number of nitrogens with one attached hydrogen (secondary N) is 1. The first kappa shape index (κ1) is 12.3. The van der Waals surface area contributed by atoms with Gasteiger partial charge in [0.2, 0.25) is 5.75 Å². The molecule has 1 aromatic carbocycles. The molecule has 0 aliphatic heterocycles. The Kier molecular flexibility index (Phi) is 3.96. The summed E-state index contributed by atoms with van der Waals surface area (Å²) in [6, 6.07) is 5.41. The number of nitro groups is 1. The zero-order valence-corrected chi connectivity index (χ0v) is 10.8. The molecule has 0 amide bonds. The van der Waals surface area contributed by atoms with Gasteiger partial charge in [0.15, 0.2) is 0 Å². The maximum atomic E-state index is 10.8. The van der Waals surface area contributed by atoms with Crippen molar-refractivity contribution in [1.29, 1.82) is 0 Å². The molecule has 1 aromatic rings. The Morgan fingerprint density at radius 2 is 2.29 bits per heavy atom. The van der Waals surface area contributed by atoms with Crippen LogP contribution in [0.5, 0.6) is 5.75 Å². The summed E-state index contributed by atoms with van der Waals surface area (Å²) in [5.74, 6) is 0.301. The predicted molar refractivity (Wildman–Crippen MR) is 67.3 cm³/mol. The van der Waals surface area contributed by atoms with Gasteiger partial charge >= 0.3 is 5.69 Å². The number of hydrogen-bond donors (Lipinski definition) is 1. The predicted octanol–water partition coefficient (Wildman–Crippen LogP) is 2.49. The van der Waals surface area contributed by atoms with Gasteiger partial charge in [-0.3, -0.25) is 10.1 Å². The highest BCUT2D eigenvalue weighted by molar-refractivity contribution is 9.10. The molecule has 5 nitrogen and oxygen atoms in total. The molecule has 0 heterocycles. The van der Waals surface area contributed by atoms with E-state index in [0.29, 0.717) is 29.4 Å². The lowest BCUT2D eigenvalue weighted by atomic mass is 10.3. The Morgan fingerprint density at radius 1 is 1.53 bits per heavy atom. The summed E-state index contributed by atoms with van der Waals surface area (Å²) in [4.78, 5) is 10.4. The third-order valence-corrected chi connectivity index (χ3v) is 3.13. The zero-order chi connectivity index (χ0) is 12.3. The van der Waals surface area contributed by atoms with Crippen molar-refractivity contribution in [1.82, 2.24) is 5.32 Å². The maximum absolute atomic E-state index is 10.8. The minimum absolute atomic E-state index is 0.00852. The summed E-state index contributed by atoms with van der Waals surface area (Å²) in [6.45, 7) is 1.14. The van der Waals surface area contributed by atoms with E-state index in [-0.39, 0.29) is 5.69 Å². The lowest BCUT2D eigenvalue weighted by Crippen LogP contribution is -2.23. The van der Waals surface area contributed by atoms with Crippen LogP contribution in [0.3, 0.4) is 0 Å². The van der Waals surface area contributed by atoms with Gasteiger partial charge in [-0.2, -0.15) is 0 Å². The van der Waals surface area contributed by atoms with Gasteiger partial charge in [-0.05, 0) is 34.8 Å². The molecule has 2 rings (SSSR count). The second-order valence-corrected chi connectivity index (χ2v) is 4.78. The molecule has 1 saturated carbocycles. The van der Waals surface area contributed by atoms with Gasteiger partial charge < -0.3 is 10.1 Å². The first-order valence-corrected chi connectivity index (χ1v) is 6.27. The van der Waals surface area contributed by atoms with Crippen molar-refractivity contribution >= 4 is 21.6 Å². The highest BCUT2D eigenvalue weighted by Crippen LogP contribution is 2.34. The molecule has 1 N–H and O–H groups in total. The second-order valence-electron chi connectivity index (χ2n) is 3.92. The van der Waals surface area contributed by atoms with Crippen molar-refractivity contribution in [2.24, 2.45) is 0 Å². The van der Waals surface area contributed by atoms with Crippen LogP contribution < -0.4 is 10.1 Å². The van der Waals surface area contributed by atoms with Crippen molar-refractivity contribution in [2.45, 2.75) is 18.9 Å². The molecule has 0 spiro atoms. The van der Waals surface area contributed by atoms with Gasteiger partial charge in [-0.15, -0.1) is 0 Å². The van der Waals surface area contributed by atoms with E-state index >= 15 is 0 Å². The van der Waals surface area contributed by atoms with Crippen molar-refractivity contribution in [2.75, 3.05) is 13.2 Å². The van der Waals surface area contributed by atoms with Crippen molar-refractivity contribution in [3.63, 3.8) is 0 Å². The fourth-order valence-corrected chi connectivity index (χ4v) is 1.96. The third-order valence-electron chi connectivity index (χ3n) is 2.50. The molecule has 0 unspecified atom stereocenters. The van der Waals surface area contributed by atoms with Crippen LogP contribution in [-0.2, 0) is 0 Å². The van der Waals surface area contributed by atoms with E-state index in [1.54, 1.807) is 12.1 Å². The first-order valence-electron chi connectivity index (χ1n) is 5.47. The number of halogens is 1. The fraction of sp³-hybridized carbons (Fsp3) is 0.455. The van der Waals surface area contributed by atoms with Gasteiger partial charge in [0.05, 0.1) is 9.40 Å². The van der Waals surface area contributed by atoms with Crippen LogP contribution in [0.15, 0.2) is 22.7 Å². The zero-order valence-electron chi connectivity index (χ0n) is 9.19. The number of hydrogen-bond acceptors (Lipinski definition) is 4. The lowest BCUT2D eigenvalue weighted by molar-refractivity contribution is -0.385. The van der Waals surface area contributed by atoms with Crippen LogP contribution in [0, 0.1) is 10.1 Å². The Bertz CT molecular complexity index is 421. The minimum atomic E-state index is -0.436. The smallest absolute Gasteiger partial charge is 0.312 e. The van der Waals surface area contributed by atoms with E-state index < -0.39 is 4.92 Å². The van der Waals surface area contributed by atoms with Crippen molar-refractivity contribution < 1.29 is 9.66 Å². The Labute approximate surface area is 107 Å². The topological polar surface area (TPSA) is 64.4 Å². The van der Waals surface area contributed by atoms with Gasteiger partial charge in [0.25, 0.3) is 0 Å². The van der Waals surface area contributed by atoms with Crippen LogP contribution in [0.2, 0.25) is 0 Å². The van der Waals surface area contributed by atoms with E-state index in [4.69, 9.17) is 4.74 Å². The molecule has 0 saturated heterocycles. The maximum Gasteiger partial charge on any atom is 0.312 e. The third kappa shape index (κ3) is 3.41. The highest BCUT2D eigenvalue weighted by atomic mass is 79.9. The molecule has 0 bridgehead atoms. The summed E-state index contributed by atoms with van der Waals surface area (Å²) < 4.78 is 6.07. The van der Waals surface area contributed by atoms with E-state index in [1.165, 1.54) is 18.9 Å². The first-order chi connectivity index (χ1) is 8.18. The minimum Gasteiger partial charge on any atom is -0.485 e. The number of benzene rings is 1. The normalized spacial score (nSPS) is 14.6. The van der Waals surface area contributed by atoms with Gasteiger partial charge in [-0.25, -0.2) is 0 Å². The van der Waals surface area contributed by atoms with E-state index in [0.717, 1.165) is 0 Å². The van der Waals surface area contributed by atoms with Crippen LogP contribution in [0.4, 0.5) is 5.69 Å². The molecule has 0 aromatic heterocycles. The second kappa shape index (κ2) is 5.46. The van der Waals surface area contributed by atoms with E-state index in [1.807, 2.05) is 0 Å². The largest absolute Gasteiger partial charge is 0.485 e. The van der Waals surface area contributed by atoms with E-state index in [9.17, 15) is 10.1 Å². The van der Waals surface area contributed by atoms with Crippen molar-refractivity contribution in [3.8, 4) is 5.75 Å². The van der Waals surface area contributed by atoms with Crippen LogP contribution in [0.1, 0.15) is 12.8 Å². The quantitative estimate of drug-likeness (QED) is 0.498. The van der Waals surface area contributed by atoms with Crippen LogP contribution >= 0.6 is 15.9 Å². The average Bonchev–Trinajstić information content (AvgIpc) is 3.09. The standard InChI is InChI=1S/C11H13BrN2O3/c12-9-2-1-3-10(14(15)16)11(9)17-7-6-13-8-4-5-8/h1-3,8,13H,4-7H2. The number of para-hydroxylation sites is 1. The van der Waals surface area contributed by atoms with Crippen LogP contribution in [-0.4, -0.2) is 24.1 Å². The number of nitro benzene ring substituents is 1. The molecule has 0 atom stereocenters. The molecule has 92 valence electrons. The SMILES string of the molecule is O=[N+]([O-])c1cccc(Br)c1OCCNC1CC1. The van der Waals surface area contributed by atoms with Gasteiger partial charge in [-0.1, -0.05) is 6.07 Å². The Hall–Kier alpha value is -1.14. The molecular weight excluding hydrogens is 288 g/mol. The summed E-state index contributed by atoms with van der Waals surface area (Å²) in [5, 5.41) is 14.1. The van der Waals surface area contributed by atoms with E-state index in [2.05, 4.69) is 21.2 Å². The summed E-state index contributed by atoms with van der Waals surface area (Å²) in [7, 11) is 0. The number of ether oxygens (including phenoxy) is 1. The monoisotopic (exact) mass is 300 g/mol. The fourth-order valence-electron chi connectivity index (χ4n) is 1.49. The lowest BCUT2D eigenvalue weighted by Gasteiger charge is -2.08. The molecule has 17 heavy (non-hydrogen) atoms. The molecule has 1 fully saturated rings. The Morgan fingerprint density at radius 3 is 2.94 bits per heavy atom. The molecular formula is C11H13BrN2O3. The summed E-state index contributed by atoms with van der Waals surface area (Å²) >= 11 is 3.26. The summed E-state index contributed by atoms with van der Waals surface area (Å²) in [5.41, 5.74) is -0.00852. The number of rotatable bonds is 6. The van der Waals surface area contributed by atoms with Crippen molar-refractivity contribution in [3.05, 3.63) is 32.8 Å². The van der Waals surface area contributed by atoms with Gasteiger partial charge in [0, 0.05) is 18.7 Å².